The molecular weight excluding hydrogens is 615 g/mol. The van der Waals surface area contributed by atoms with Gasteiger partial charge in [-0.1, -0.05) is 25.1 Å². The van der Waals surface area contributed by atoms with Crippen molar-refractivity contribution in [1.82, 2.24) is 9.88 Å². The molecule has 3 aliphatic rings. The van der Waals surface area contributed by atoms with Crippen molar-refractivity contribution in [3.63, 3.8) is 0 Å². The van der Waals surface area contributed by atoms with E-state index in [-0.39, 0.29) is 17.6 Å². The quantitative estimate of drug-likeness (QED) is 0.102. The van der Waals surface area contributed by atoms with Gasteiger partial charge in [-0.3, -0.25) is 14.4 Å². The van der Waals surface area contributed by atoms with Crippen LogP contribution in [-0.2, 0) is 26.0 Å². The molecule has 3 N–H and O–H groups in total. The van der Waals surface area contributed by atoms with Crippen molar-refractivity contribution in [3.8, 4) is 10.6 Å². The lowest BCUT2D eigenvalue weighted by Gasteiger charge is -2.23. The van der Waals surface area contributed by atoms with Crippen molar-refractivity contribution >= 4 is 31.7 Å². The van der Waals surface area contributed by atoms with Gasteiger partial charge in [0.2, 0.25) is 0 Å². The van der Waals surface area contributed by atoms with E-state index in [0.717, 1.165) is 44.6 Å². The van der Waals surface area contributed by atoms with Crippen molar-refractivity contribution in [1.29, 1.82) is 0 Å². The molecule has 1 aliphatic heterocycles. The summed E-state index contributed by atoms with van der Waals surface area (Å²) in [5.74, 6) is 0. The summed E-state index contributed by atoms with van der Waals surface area (Å²) in [6, 6.07) is 12.1. The Kier molecular flexibility index (Phi) is 13.6. The van der Waals surface area contributed by atoms with Crippen LogP contribution in [0.15, 0.2) is 64.1 Å². The van der Waals surface area contributed by atoms with Crippen LogP contribution in [0.4, 0.5) is 0 Å². The van der Waals surface area contributed by atoms with E-state index < -0.39 is 16.2 Å². The number of rotatable bonds is 18. The number of hydrogen-bond acceptors (Lipinski definition) is 10. The fraction of sp³-hybridized carbons (Fsp3) is 0.515. The topological polar surface area (TPSA) is 142 Å². The molecule has 4 rings (SSSR count). The second-order valence-electron chi connectivity index (χ2n) is 11.3. The highest BCUT2D eigenvalue weighted by molar-refractivity contribution is 7.90. The van der Waals surface area contributed by atoms with E-state index in [1.165, 1.54) is 12.2 Å². The van der Waals surface area contributed by atoms with Crippen LogP contribution in [-0.4, -0.2) is 91.8 Å². The maximum atomic E-state index is 11.8. The number of aromatic nitrogens is 1. The molecule has 2 unspecified atom stereocenters. The largest absolute Gasteiger partial charge is 0.393 e. The molecule has 0 fully saturated rings. The first kappa shape index (κ1) is 35.3. The van der Waals surface area contributed by atoms with Gasteiger partial charge in [0.15, 0.2) is 0 Å². The first-order valence-corrected chi connectivity index (χ1v) is 17.8. The number of nitrogens with zero attached hydrogens (tertiary/aromatic N) is 3. The summed E-state index contributed by atoms with van der Waals surface area (Å²) in [6.07, 6.45) is 6.55. The van der Waals surface area contributed by atoms with E-state index >= 15 is 0 Å². The number of aliphatic hydroxyl groups excluding tert-OH is 2. The summed E-state index contributed by atoms with van der Waals surface area (Å²) < 4.78 is 45.4. The summed E-state index contributed by atoms with van der Waals surface area (Å²) >= 11 is 1.63. The Hall–Kier alpha value is -2.55. The summed E-state index contributed by atoms with van der Waals surface area (Å²) in [5.41, 5.74) is 3.37. The average Bonchev–Trinajstić information content (AvgIpc) is 3.02. The number of ether oxygens (including phenoxy) is 2. The smallest absolute Gasteiger partial charge is 0.294 e. The van der Waals surface area contributed by atoms with Crippen molar-refractivity contribution in [2.45, 2.75) is 64.1 Å². The minimum Gasteiger partial charge on any atom is -0.393 e. The Labute approximate surface area is 269 Å². The van der Waals surface area contributed by atoms with Crippen LogP contribution in [0.5, 0.6) is 0 Å². The molecule has 2 aliphatic carbocycles. The number of methoxy groups -OCH3 is 1. The van der Waals surface area contributed by atoms with Gasteiger partial charge in [-0.25, -0.2) is 4.98 Å². The zero-order valence-electron chi connectivity index (χ0n) is 26.1. The summed E-state index contributed by atoms with van der Waals surface area (Å²) in [7, 11) is -2.64. The van der Waals surface area contributed by atoms with Gasteiger partial charge < -0.3 is 19.7 Å². The molecule has 1 aromatic rings. The zero-order chi connectivity index (χ0) is 32.2. The van der Waals surface area contributed by atoms with Crippen LogP contribution < -0.4 is 5.36 Å². The molecule has 1 heterocycles. The van der Waals surface area contributed by atoms with Crippen LogP contribution in [0.25, 0.3) is 20.8 Å². The molecule has 0 radical (unpaired) electrons. The van der Waals surface area contributed by atoms with Crippen LogP contribution in [0.2, 0.25) is 0 Å². The Bertz CT molecular complexity index is 1600. The highest BCUT2D eigenvalue weighted by Crippen LogP contribution is 2.30. The number of para-hydroxylation sites is 1. The molecule has 0 spiro atoms. The van der Waals surface area contributed by atoms with E-state index in [4.69, 9.17) is 19.5 Å². The molecule has 0 bridgehead atoms. The third kappa shape index (κ3) is 11.0. The third-order valence-electron chi connectivity index (χ3n) is 7.82. The monoisotopic (exact) mass is 659 g/mol. The fourth-order valence-corrected chi connectivity index (χ4v) is 6.76. The summed E-state index contributed by atoms with van der Waals surface area (Å²) in [4.78, 5) is 12.9. The molecule has 1 aromatic carbocycles. The number of allylic oxidation sites excluding steroid dienone is 3. The summed E-state index contributed by atoms with van der Waals surface area (Å²) in [5, 5.41) is 20.7. The molecule has 246 valence electrons. The zero-order valence-corrected chi connectivity index (χ0v) is 27.7. The van der Waals surface area contributed by atoms with Gasteiger partial charge >= 0.3 is 0 Å². The Morgan fingerprint density at radius 3 is 2.64 bits per heavy atom. The Morgan fingerprint density at radius 2 is 1.87 bits per heavy atom. The predicted octanol–water partition coefficient (Wildman–Crippen LogP) is 4.56. The van der Waals surface area contributed by atoms with Crippen molar-refractivity contribution in [2.75, 3.05) is 46.6 Å². The van der Waals surface area contributed by atoms with Crippen molar-refractivity contribution in [3.05, 3.63) is 70.1 Å². The number of hydrogen-bond donors (Lipinski definition) is 3. The third-order valence-corrected chi connectivity index (χ3v) is 9.81. The number of benzene rings is 2. The van der Waals surface area contributed by atoms with Gasteiger partial charge in [0.1, 0.15) is 0 Å². The van der Waals surface area contributed by atoms with E-state index in [1.54, 1.807) is 18.4 Å². The minimum atomic E-state index is -4.32. The van der Waals surface area contributed by atoms with E-state index in [9.17, 15) is 23.2 Å². The lowest BCUT2D eigenvalue weighted by Crippen LogP contribution is -2.34. The maximum Gasteiger partial charge on any atom is 0.294 e. The van der Waals surface area contributed by atoms with Gasteiger partial charge in [0.05, 0.1) is 63.1 Å². The molecule has 0 amide bonds. The second-order valence-corrected chi connectivity index (χ2v) is 13.8. The first-order chi connectivity index (χ1) is 21.7. The maximum absolute atomic E-state index is 11.8. The second kappa shape index (κ2) is 17.4. The summed E-state index contributed by atoms with van der Waals surface area (Å²) in [6.45, 7) is 5.28. The normalized spacial score (nSPS) is 15.9. The number of fused-ring (bicyclic) bond motifs is 2. The molecule has 0 saturated carbocycles. The van der Waals surface area contributed by atoms with E-state index in [1.807, 2.05) is 37.3 Å². The van der Waals surface area contributed by atoms with Crippen LogP contribution in [0.3, 0.4) is 0 Å². The molecule has 10 nitrogen and oxygen atoms in total. The molecule has 2 atom stereocenters. The van der Waals surface area contributed by atoms with E-state index in [2.05, 4.69) is 11.0 Å². The molecule has 0 aromatic heterocycles. The molecule has 45 heavy (non-hydrogen) atoms. The Balaban J connectivity index is 1.51. The molecule has 12 heteroatoms. The van der Waals surface area contributed by atoms with E-state index in [0.29, 0.717) is 70.6 Å². The lowest BCUT2D eigenvalue weighted by atomic mass is 10.1. The SMILES string of the molecule is CCC(O)CCCC(O)COCCN(CCOC)CCc1cc2nc3ccccc3sc-2cc1=NC1=CC(S(=O)(=O)O)=CCC1. The average molecular weight is 660 g/mol. The van der Waals surface area contributed by atoms with Crippen molar-refractivity contribution in [2.24, 2.45) is 4.99 Å². The van der Waals surface area contributed by atoms with Gasteiger partial charge in [-0.2, -0.15) is 8.42 Å². The van der Waals surface area contributed by atoms with Crippen LogP contribution in [0, 0.1) is 0 Å². The minimum absolute atomic E-state index is 0.125. The highest BCUT2D eigenvalue weighted by Gasteiger charge is 2.17. The van der Waals surface area contributed by atoms with Crippen LogP contribution in [0.1, 0.15) is 51.0 Å². The standard InChI is InChI=1S/C33H45N3O7S2/c1-3-26(37)9-7-10-27(38)23-43-19-17-36(16-18-42-2)15-14-24-20-31-33(44-32-13-5-4-12-29(32)35-31)22-30(24)34-25-8-6-11-28(21-25)45(39,40)41/h4-5,11-13,20-22,26-27,37-38H,3,6-10,14-19,23H2,1-2H3,(H,39,40,41). The Morgan fingerprint density at radius 1 is 1.09 bits per heavy atom. The van der Waals surface area contributed by atoms with Crippen LogP contribution >= 0.6 is 11.3 Å². The van der Waals surface area contributed by atoms with Gasteiger partial charge in [0.25, 0.3) is 10.1 Å². The van der Waals surface area contributed by atoms with Crippen molar-refractivity contribution < 1.29 is 32.7 Å². The first-order valence-electron chi connectivity index (χ1n) is 15.6. The fourth-order valence-electron chi connectivity index (χ4n) is 5.16. The van der Waals surface area contributed by atoms with Gasteiger partial charge in [-0.15, -0.1) is 11.3 Å². The highest BCUT2D eigenvalue weighted by atomic mass is 32.2. The number of aliphatic hydroxyl groups is 2. The van der Waals surface area contributed by atoms with Gasteiger partial charge in [-0.05, 0) is 80.9 Å². The lowest BCUT2D eigenvalue weighted by molar-refractivity contribution is 0.0186. The molecule has 0 saturated heterocycles. The molecular formula is C33H45N3O7S2. The predicted molar refractivity (Wildman–Crippen MR) is 178 cm³/mol. The van der Waals surface area contributed by atoms with Gasteiger partial charge in [0, 0.05) is 32.4 Å².